The second-order valence-corrected chi connectivity index (χ2v) is 4.05. The summed E-state index contributed by atoms with van der Waals surface area (Å²) >= 11 is 3.38. The Morgan fingerprint density at radius 3 is 2.43 bits per heavy atom. The van der Waals surface area contributed by atoms with Gasteiger partial charge in [-0.3, -0.25) is 0 Å². The summed E-state index contributed by atoms with van der Waals surface area (Å²) in [6, 6.07) is 3.64. The van der Waals surface area contributed by atoms with Crippen LogP contribution in [0, 0.1) is 0 Å². The van der Waals surface area contributed by atoms with Gasteiger partial charge in [-0.1, -0.05) is 15.9 Å². The summed E-state index contributed by atoms with van der Waals surface area (Å²) in [5, 5.41) is 9.48. The molecule has 1 N–H and O–H groups in total. The number of hydrogen-bond donors (Lipinski definition) is 1. The monoisotopic (exact) mass is 258 g/mol. The molecule has 1 atom stereocenters. The Bertz CT molecular complexity index is 349. The number of halogens is 1. The van der Waals surface area contributed by atoms with E-state index in [1.165, 1.54) is 0 Å². The second kappa shape index (κ2) is 3.79. The van der Waals surface area contributed by atoms with Gasteiger partial charge in [0.25, 0.3) is 0 Å². The van der Waals surface area contributed by atoms with Gasteiger partial charge in [-0.15, -0.1) is 0 Å². The largest absolute Gasteiger partial charge is 0.486 e. The van der Waals surface area contributed by atoms with Gasteiger partial charge in [-0.25, -0.2) is 0 Å². The highest BCUT2D eigenvalue weighted by molar-refractivity contribution is 9.10. The molecule has 0 amide bonds. The van der Waals surface area contributed by atoms with Crippen molar-refractivity contribution >= 4 is 15.9 Å². The predicted octanol–water partition coefficient (Wildman–Crippen LogP) is 2.27. The van der Waals surface area contributed by atoms with Crippen LogP contribution >= 0.6 is 15.9 Å². The maximum absolute atomic E-state index is 9.48. The molecule has 0 radical (unpaired) electrons. The first-order valence-electron chi connectivity index (χ1n) is 4.45. The van der Waals surface area contributed by atoms with Crippen molar-refractivity contribution < 1.29 is 14.6 Å². The lowest BCUT2D eigenvalue weighted by molar-refractivity contribution is 0.168. The molecule has 0 spiro atoms. The number of aliphatic hydroxyl groups is 1. The molecule has 1 aromatic rings. The summed E-state index contributed by atoms with van der Waals surface area (Å²) in [5.74, 6) is 1.43. The molecule has 1 aliphatic heterocycles. The van der Waals surface area contributed by atoms with Gasteiger partial charge in [-0.05, 0) is 24.6 Å². The number of aliphatic hydroxyl groups excluding tert-OH is 1. The van der Waals surface area contributed by atoms with E-state index in [0.29, 0.717) is 19.0 Å². The van der Waals surface area contributed by atoms with Gasteiger partial charge >= 0.3 is 0 Å². The summed E-state index contributed by atoms with van der Waals surface area (Å²) < 4.78 is 11.7. The predicted molar refractivity (Wildman–Crippen MR) is 55.8 cm³/mol. The van der Waals surface area contributed by atoms with Crippen molar-refractivity contribution in [3.63, 3.8) is 0 Å². The number of benzene rings is 1. The number of rotatable bonds is 1. The fraction of sp³-hybridized carbons (Fsp3) is 0.400. The molecule has 0 bridgehead atoms. The van der Waals surface area contributed by atoms with Gasteiger partial charge < -0.3 is 14.6 Å². The SMILES string of the molecule is C[C@H](O)c1cc2c(cc1Br)OCCO2. The van der Waals surface area contributed by atoms with Crippen LogP contribution in [0.1, 0.15) is 18.6 Å². The van der Waals surface area contributed by atoms with Gasteiger partial charge in [0.2, 0.25) is 0 Å². The molecular formula is C10H11BrO3. The minimum atomic E-state index is -0.514. The van der Waals surface area contributed by atoms with E-state index in [4.69, 9.17) is 9.47 Å². The van der Waals surface area contributed by atoms with Crippen molar-refractivity contribution in [1.82, 2.24) is 0 Å². The van der Waals surface area contributed by atoms with Gasteiger partial charge in [-0.2, -0.15) is 0 Å². The molecule has 4 heteroatoms. The van der Waals surface area contributed by atoms with Crippen molar-refractivity contribution in [3.8, 4) is 11.5 Å². The molecule has 1 aliphatic rings. The first-order valence-corrected chi connectivity index (χ1v) is 5.25. The lowest BCUT2D eigenvalue weighted by Crippen LogP contribution is -2.15. The van der Waals surface area contributed by atoms with Crippen molar-refractivity contribution in [2.75, 3.05) is 13.2 Å². The average Bonchev–Trinajstić information content (AvgIpc) is 2.16. The highest BCUT2D eigenvalue weighted by atomic mass is 79.9. The van der Waals surface area contributed by atoms with E-state index >= 15 is 0 Å². The Hall–Kier alpha value is -0.740. The van der Waals surface area contributed by atoms with Crippen LogP contribution in [0.3, 0.4) is 0 Å². The third kappa shape index (κ3) is 1.72. The molecule has 14 heavy (non-hydrogen) atoms. The topological polar surface area (TPSA) is 38.7 Å². The third-order valence-corrected chi connectivity index (χ3v) is 2.80. The Morgan fingerprint density at radius 1 is 1.29 bits per heavy atom. The van der Waals surface area contributed by atoms with E-state index in [1.807, 2.05) is 12.1 Å². The number of hydrogen-bond acceptors (Lipinski definition) is 3. The fourth-order valence-electron chi connectivity index (χ4n) is 1.40. The zero-order chi connectivity index (χ0) is 10.1. The zero-order valence-corrected chi connectivity index (χ0v) is 9.37. The summed E-state index contributed by atoms with van der Waals surface area (Å²) in [6.07, 6.45) is -0.514. The summed E-state index contributed by atoms with van der Waals surface area (Å²) in [6.45, 7) is 2.86. The molecular weight excluding hydrogens is 248 g/mol. The maximum Gasteiger partial charge on any atom is 0.162 e. The van der Waals surface area contributed by atoms with Crippen molar-refractivity contribution in [2.24, 2.45) is 0 Å². The molecule has 2 rings (SSSR count). The highest BCUT2D eigenvalue weighted by Crippen LogP contribution is 2.37. The summed E-state index contributed by atoms with van der Waals surface area (Å²) in [4.78, 5) is 0. The van der Waals surface area contributed by atoms with E-state index in [0.717, 1.165) is 15.8 Å². The highest BCUT2D eigenvalue weighted by Gasteiger charge is 2.16. The first kappa shape index (κ1) is 9.80. The van der Waals surface area contributed by atoms with Crippen LogP contribution in [0.15, 0.2) is 16.6 Å². The zero-order valence-electron chi connectivity index (χ0n) is 7.79. The van der Waals surface area contributed by atoms with E-state index < -0.39 is 6.10 Å². The van der Waals surface area contributed by atoms with Crippen LogP contribution in [-0.4, -0.2) is 18.3 Å². The van der Waals surface area contributed by atoms with Crippen LogP contribution in [0.2, 0.25) is 0 Å². The molecule has 76 valence electrons. The lowest BCUT2D eigenvalue weighted by atomic mass is 10.1. The Kier molecular flexibility index (Phi) is 2.65. The summed E-state index contributed by atoms with van der Waals surface area (Å²) in [7, 11) is 0. The second-order valence-electron chi connectivity index (χ2n) is 3.19. The van der Waals surface area contributed by atoms with Crippen LogP contribution in [0.5, 0.6) is 11.5 Å². The molecule has 0 saturated carbocycles. The van der Waals surface area contributed by atoms with Gasteiger partial charge in [0.05, 0.1) is 6.10 Å². The molecule has 0 saturated heterocycles. The van der Waals surface area contributed by atoms with E-state index in [2.05, 4.69) is 15.9 Å². The van der Waals surface area contributed by atoms with E-state index in [1.54, 1.807) is 6.92 Å². The first-order chi connectivity index (χ1) is 6.68. The average molecular weight is 259 g/mol. The van der Waals surface area contributed by atoms with Crippen molar-refractivity contribution in [2.45, 2.75) is 13.0 Å². The molecule has 0 aliphatic carbocycles. The molecule has 0 aromatic heterocycles. The van der Waals surface area contributed by atoms with E-state index in [9.17, 15) is 5.11 Å². The van der Waals surface area contributed by atoms with Crippen LogP contribution in [0.4, 0.5) is 0 Å². The maximum atomic E-state index is 9.48. The molecule has 3 nitrogen and oxygen atoms in total. The number of fused-ring (bicyclic) bond motifs is 1. The summed E-state index contributed by atoms with van der Waals surface area (Å²) in [5.41, 5.74) is 0.814. The Balaban J connectivity index is 2.45. The third-order valence-electron chi connectivity index (χ3n) is 2.11. The minimum absolute atomic E-state index is 0.514. The van der Waals surface area contributed by atoms with E-state index in [-0.39, 0.29) is 0 Å². The lowest BCUT2D eigenvalue weighted by Gasteiger charge is -2.20. The van der Waals surface area contributed by atoms with Crippen LogP contribution in [-0.2, 0) is 0 Å². The Morgan fingerprint density at radius 2 is 1.86 bits per heavy atom. The van der Waals surface area contributed by atoms with Gasteiger partial charge in [0.15, 0.2) is 11.5 Å². The minimum Gasteiger partial charge on any atom is -0.486 e. The Labute approximate surface area is 90.8 Å². The quantitative estimate of drug-likeness (QED) is 0.840. The number of ether oxygens (including phenoxy) is 2. The van der Waals surface area contributed by atoms with Crippen molar-refractivity contribution in [3.05, 3.63) is 22.2 Å². The van der Waals surface area contributed by atoms with Crippen molar-refractivity contribution in [1.29, 1.82) is 0 Å². The van der Waals surface area contributed by atoms with Gasteiger partial charge in [0.1, 0.15) is 13.2 Å². The fourth-order valence-corrected chi connectivity index (χ4v) is 2.05. The molecule has 1 aromatic carbocycles. The standard InChI is InChI=1S/C10H11BrO3/c1-6(12)7-4-9-10(5-8(7)11)14-3-2-13-9/h4-6,12H,2-3H2,1H3/t6-/m0/s1. The molecule has 0 fully saturated rings. The van der Waals surface area contributed by atoms with Crippen LogP contribution in [0.25, 0.3) is 0 Å². The molecule has 1 heterocycles. The smallest absolute Gasteiger partial charge is 0.162 e. The van der Waals surface area contributed by atoms with Gasteiger partial charge in [0, 0.05) is 4.47 Å². The van der Waals surface area contributed by atoms with Crippen LogP contribution < -0.4 is 9.47 Å². The normalized spacial score (nSPS) is 16.5. The molecule has 0 unspecified atom stereocenters.